The van der Waals surface area contributed by atoms with Crippen molar-refractivity contribution in [1.29, 1.82) is 5.41 Å². The second-order valence-corrected chi connectivity index (χ2v) is 7.62. The molecule has 0 atom stereocenters. The maximum Gasteiger partial charge on any atom is 0.275 e. The molecule has 2 heterocycles. The van der Waals surface area contributed by atoms with E-state index in [1.807, 2.05) is 6.92 Å². The number of benzene rings is 2. The molecule has 1 aliphatic heterocycles. The molecule has 3 aromatic rings. The van der Waals surface area contributed by atoms with Crippen molar-refractivity contribution < 1.29 is 14.0 Å². The molecule has 0 saturated carbocycles. The van der Waals surface area contributed by atoms with Gasteiger partial charge in [0.15, 0.2) is 0 Å². The number of hydrogen-bond acceptors (Lipinski definition) is 5. The van der Waals surface area contributed by atoms with E-state index in [1.165, 1.54) is 6.20 Å². The largest absolute Gasteiger partial charge is 0.385 e. The van der Waals surface area contributed by atoms with Gasteiger partial charge in [-0.15, -0.1) is 0 Å². The van der Waals surface area contributed by atoms with Gasteiger partial charge in [-0.25, -0.2) is 9.37 Å². The quantitative estimate of drug-likeness (QED) is 0.468. The molecule has 1 fully saturated rings. The summed E-state index contributed by atoms with van der Waals surface area (Å²) in [6.07, 6.45) is 2.88. The lowest BCUT2D eigenvalue weighted by Crippen LogP contribution is -2.25. The van der Waals surface area contributed by atoms with Gasteiger partial charge in [-0.05, 0) is 55.3 Å². The third-order valence-electron chi connectivity index (χ3n) is 5.46. The highest BCUT2D eigenvalue weighted by Crippen LogP contribution is 2.32. The van der Waals surface area contributed by atoms with E-state index in [-0.39, 0.29) is 22.9 Å². The smallest absolute Gasteiger partial charge is 0.275 e. The number of carbonyl (C=O) groups is 2. The van der Waals surface area contributed by atoms with Crippen LogP contribution in [-0.2, 0) is 9.59 Å². The van der Waals surface area contributed by atoms with Crippen molar-refractivity contribution in [2.75, 3.05) is 28.6 Å². The first-order chi connectivity index (χ1) is 16.0. The van der Waals surface area contributed by atoms with Crippen LogP contribution in [0.15, 0.2) is 60.8 Å². The summed E-state index contributed by atoms with van der Waals surface area (Å²) in [5.74, 6) is -1.06. The van der Waals surface area contributed by atoms with E-state index in [4.69, 9.17) is 5.41 Å². The van der Waals surface area contributed by atoms with Gasteiger partial charge in [0.25, 0.3) is 5.91 Å². The van der Waals surface area contributed by atoms with E-state index in [9.17, 15) is 9.59 Å². The summed E-state index contributed by atoms with van der Waals surface area (Å²) in [5, 5.41) is 14.0. The molecule has 7 nitrogen and oxygen atoms in total. The highest BCUT2D eigenvalue weighted by Gasteiger charge is 2.24. The molecule has 1 saturated heterocycles. The van der Waals surface area contributed by atoms with Crippen LogP contribution in [0.25, 0.3) is 11.1 Å². The van der Waals surface area contributed by atoms with E-state index in [1.54, 1.807) is 59.5 Å². The lowest BCUT2D eigenvalue weighted by Gasteiger charge is -2.18. The number of nitrogens with zero attached hydrogens (tertiary/aromatic N) is 2. The first-order valence-corrected chi connectivity index (χ1v) is 10.8. The summed E-state index contributed by atoms with van der Waals surface area (Å²) in [4.78, 5) is 30.4. The van der Waals surface area contributed by atoms with Crippen LogP contribution in [0.1, 0.15) is 25.3 Å². The zero-order valence-corrected chi connectivity index (χ0v) is 18.2. The molecular formula is C25H24FN5O2. The minimum atomic E-state index is -0.758. The third kappa shape index (κ3) is 4.59. The second-order valence-electron chi connectivity index (χ2n) is 7.62. The third-order valence-corrected chi connectivity index (χ3v) is 5.46. The van der Waals surface area contributed by atoms with Crippen molar-refractivity contribution in [3.63, 3.8) is 0 Å². The SMILES string of the molecule is CCNc1ccc(-c2ccc(N3CCCC3=O)cc2)c(F)c1C(=N)C(=O)Nc1ccccn1. The Bertz CT molecular complexity index is 1200. The molecule has 168 valence electrons. The molecule has 2 aromatic carbocycles. The van der Waals surface area contributed by atoms with Crippen molar-refractivity contribution in [2.45, 2.75) is 19.8 Å². The topological polar surface area (TPSA) is 98.2 Å². The Morgan fingerprint density at radius 3 is 2.58 bits per heavy atom. The van der Waals surface area contributed by atoms with Gasteiger partial charge in [-0.2, -0.15) is 0 Å². The number of carbonyl (C=O) groups excluding carboxylic acids is 2. The summed E-state index contributed by atoms with van der Waals surface area (Å²) >= 11 is 0. The van der Waals surface area contributed by atoms with Crippen LogP contribution in [0.5, 0.6) is 0 Å². The number of amides is 2. The Morgan fingerprint density at radius 1 is 1.15 bits per heavy atom. The molecule has 0 radical (unpaired) electrons. The zero-order chi connectivity index (χ0) is 23.4. The van der Waals surface area contributed by atoms with Crippen molar-refractivity contribution in [2.24, 2.45) is 0 Å². The number of hydrogen-bond donors (Lipinski definition) is 3. The van der Waals surface area contributed by atoms with Crippen LogP contribution in [0, 0.1) is 11.2 Å². The predicted octanol–water partition coefficient (Wildman–Crippen LogP) is 4.45. The molecule has 0 aliphatic carbocycles. The molecule has 4 rings (SSSR count). The standard InChI is InChI=1S/C25H24FN5O2/c1-2-28-19-13-12-18(16-8-10-17(11-9-16)31-15-5-7-21(31)32)23(26)22(19)24(27)25(33)30-20-6-3-4-14-29-20/h3-4,6,8-14,27-28H,2,5,7,15H2,1H3,(H,29,30,33). The summed E-state index contributed by atoms with van der Waals surface area (Å²) < 4.78 is 15.7. The van der Waals surface area contributed by atoms with Crippen LogP contribution < -0.4 is 15.5 Å². The first kappa shape index (κ1) is 22.1. The van der Waals surface area contributed by atoms with Gasteiger partial charge in [0, 0.05) is 42.6 Å². The van der Waals surface area contributed by atoms with E-state index < -0.39 is 17.4 Å². The van der Waals surface area contributed by atoms with Crippen LogP contribution in [0.4, 0.5) is 21.6 Å². The van der Waals surface area contributed by atoms with Gasteiger partial charge in [0.2, 0.25) is 5.91 Å². The highest BCUT2D eigenvalue weighted by molar-refractivity contribution is 6.48. The van der Waals surface area contributed by atoms with Gasteiger partial charge in [-0.1, -0.05) is 18.2 Å². The molecular weight excluding hydrogens is 421 g/mol. The molecule has 1 aromatic heterocycles. The van der Waals surface area contributed by atoms with Crippen LogP contribution >= 0.6 is 0 Å². The number of nitrogens with one attached hydrogen (secondary N) is 3. The molecule has 2 amide bonds. The van der Waals surface area contributed by atoms with Gasteiger partial charge in [0.1, 0.15) is 17.3 Å². The lowest BCUT2D eigenvalue weighted by molar-refractivity contribution is -0.117. The Hall–Kier alpha value is -4.07. The van der Waals surface area contributed by atoms with Crippen molar-refractivity contribution in [1.82, 2.24) is 4.98 Å². The number of halogens is 1. The summed E-state index contributed by atoms with van der Waals surface area (Å²) in [5.41, 5.74) is 1.37. The molecule has 33 heavy (non-hydrogen) atoms. The molecule has 8 heteroatoms. The minimum Gasteiger partial charge on any atom is -0.385 e. The van der Waals surface area contributed by atoms with E-state index in [0.29, 0.717) is 30.8 Å². The summed E-state index contributed by atoms with van der Waals surface area (Å²) in [6.45, 7) is 3.03. The van der Waals surface area contributed by atoms with Crippen LogP contribution in [0.3, 0.4) is 0 Å². The molecule has 1 aliphatic rings. The molecule has 0 unspecified atom stereocenters. The summed E-state index contributed by atoms with van der Waals surface area (Å²) in [7, 11) is 0. The van der Waals surface area contributed by atoms with Gasteiger partial charge < -0.3 is 15.5 Å². The van der Waals surface area contributed by atoms with Crippen molar-refractivity contribution >= 4 is 34.7 Å². The second kappa shape index (κ2) is 9.60. The number of anilines is 3. The normalized spacial score (nSPS) is 13.2. The average Bonchev–Trinajstić information content (AvgIpc) is 3.26. The Balaban J connectivity index is 1.66. The van der Waals surface area contributed by atoms with Gasteiger partial charge >= 0.3 is 0 Å². The zero-order valence-electron chi connectivity index (χ0n) is 18.2. The number of rotatable bonds is 7. The maximum atomic E-state index is 15.7. The predicted molar refractivity (Wildman–Crippen MR) is 127 cm³/mol. The Labute approximate surface area is 191 Å². The molecule has 0 spiro atoms. The highest BCUT2D eigenvalue weighted by atomic mass is 19.1. The van der Waals surface area contributed by atoms with Gasteiger partial charge in [0.05, 0.1) is 5.56 Å². The fourth-order valence-electron chi connectivity index (χ4n) is 3.85. The molecule has 0 bridgehead atoms. The average molecular weight is 445 g/mol. The monoisotopic (exact) mass is 445 g/mol. The maximum absolute atomic E-state index is 15.7. The molecule has 3 N–H and O–H groups in total. The minimum absolute atomic E-state index is 0.0820. The summed E-state index contributed by atoms with van der Waals surface area (Å²) in [6, 6.07) is 15.4. The van der Waals surface area contributed by atoms with E-state index in [0.717, 1.165) is 12.1 Å². The van der Waals surface area contributed by atoms with E-state index >= 15 is 4.39 Å². The van der Waals surface area contributed by atoms with Crippen LogP contribution in [0.2, 0.25) is 0 Å². The van der Waals surface area contributed by atoms with Gasteiger partial charge in [-0.3, -0.25) is 15.0 Å². The lowest BCUT2D eigenvalue weighted by atomic mass is 9.97. The fourth-order valence-corrected chi connectivity index (χ4v) is 3.85. The Kier molecular flexibility index (Phi) is 6.44. The number of pyridine rings is 1. The first-order valence-electron chi connectivity index (χ1n) is 10.8. The fraction of sp³-hybridized carbons (Fsp3) is 0.200. The Morgan fingerprint density at radius 2 is 1.94 bits per heavy atom. The number of aromatic nitrogens is 1. The van der Waals surface area contributed by atoms with E-state index in [2.05, 4.69) is 15.6 Å². The van der Waals surface area contributed by atoms with Crippen molar-refractivity contribution in [3.05, 3.63) is 72.2 Å². The van der Waals surface area contributed by atoms with Crippen LogP contribution in [-0.4, -0.2) is 35.6 Å². The van der Waals surface area contributed by atoms with Crippen molar-refractivity contribution in [3.8, 4) is 11.1 Å².